The lowest BCUT2D eigenvalue weighted by Gasteiger charge is -2.06. The van der Waals surface area contributed by atoms with Gasteiger partial charge in [0.15, 0.2) is 11.5 Å². The quantitative estimate of drug-likeness (QED) is 0.683. The number of benzene rings is 1. The fraction of sp³-hybridized carbons (Fsp3) is 0.222. The molecule has 0 amide bonds. The Morgan fingerprint density at radius 1 is 1.50 bits per heavy atom. The molecule has 12 heavy (non-hydrogen) atoms. The van der Waals surface area contributed by atoms with Crippen LogP contribution in [0.25, 0.3) is 0 Å². The molecule has 0 aliphatic carbocycles. The molecule has 3 nitrogen and oxygen atoms in total. The zero-order chi connectivity index (χ0) is 9.14. The van der Waals surface area contributed by atoms with Gasteiger partial charge in [0.05, 0.1) is 18.7 Å². The van der Waals surface area contributed by atoms with E-state index in [1.807, 2.05) is 6.07 Å². The number of aromatic hydroxyl groups is 1. The molecule has 0 aromatic heterocycles. The van der Waals surface area contributed by atoms with Gasteiger partial charge in [0.2, 0.25) is 0 Å². The van der Waals surface area contributed by atoms with Crippen LogP contribution in [0.15, 0.2) is 12.1 Å². The molecular weight excluding hydrogens is 154 g/mol. The molecule has 0 aliphatic heterocycles. The summed E-state index contributed by atoms with van der Waals surface area (Å²) in [4.78, 5) is 0. The second-order valence-corrected chi connectivity index (χ2v) is 2.46. The first-order valence-corrected chi connectivity index (χ1v) is 3.46. The van der Waals surface area contributed by atoms with Crippen molar-refractivity contribution in [3.8, 4) is 17.6 Å². The summed E-state index contributed by atoms with van der Waals surface area (Å²) in [5.41, 5.74) is 1.19. The number of ether oxygens (including phenoxy) is 1. The Morgan fingerprint density at radius 2 is 2.17 bits per heavy atom. The van der Waals surface area contributed by atoms with Crippen molar-refractivity contribution < 1.29 is 9.84 Å². The molecule has 0 bridgehead atoms. The molecule has 62 valence electrons. The van der Waals surface area contributed by atoms with E-state index in [0.717, 1.165) is 5.56 Å². The van der Waals surface area contributed by atoms with E-state index in [1.165, 1.54) is 13.2 Å². The molecule has 0 radical (unpaired) electrons. The SMILES string of the molecule is COc1c(C)cc(C#N)cc1O. The number of hydrogen-bond acceptors (Lipinski definition) is 3. The fourth-order valence-corrected chi connectivity index (χ4v) is 1.09. The fourth-order valence-electron chi connectivity index (χ4n) is 1.09. The van der Waals surface area contributed by atoms with Crippen LogP contribution in [0.1, 0.15) is 11.1 Å². The van der Waals surface area contributed by atoms with Crippen LogP contribution >= 0.6 is 0 Å². The van der Waals surface area contributed by atoms with Gasteiger partial charge in [-0.3, -0.25) is 0 Å². The number of rotatable bonds is 1. The second kappa shape index (κ2) is 3.14. The Hall–Kier alpha value is -1.69. The van der Waals surface area contributed by atoms with Crippen molar-refractivity contribution in [3.05, 3.63) is 23.3 Å². The van der Waals surface area contributed by atoms with Crippen LogP contribution in [0.4, 0.5) is 0 Å². The number of phenols is 1. The summed E-state index contributed by atoms with van der Waals surface area (Å²) in [7, 11) is 1.48. The van der Waals surface area contributed by atoms with Crippen molar-refractivity contribution in [2.75, 3.05) is 7.11 Å². The molecule has 0 saturated heterocycles. The van der Waals surface area contributed by atoms with Gasteiger partial charge in [-0.25, -0.2) is 0 Å². The molecule has 0 fully saturated rings. The normalized spacial score (nSPS) is 9.08. The lowest BCUT2D eigenvalue weighted by Crippen LogP contribution is -1.88. The maximum Gasteiger partial charge on any atom is 0.163 e. The van der Waals surface area contributed by atoms with Crippen LogP contribution in [0, 0.1) is 18.3 Å². The van der Waals surface area contributed by atoms with Crippen molar-refractivity contribution in [1.82, 2.24) is 0 Å². The van der Waals surface area contributed by atoms with Crippen LogP contribution in [0.2, 0.25) is 0 Å². The highest BCUT2D eigenvalue weighted by molar-refractivity contribution is 5.51. The van der Waals surface area contributed by atoms with E-state index in [2.05, 4.69) is 0 Å². The Labute approximate surface area is 70.8 Å². The minimum Gasteiger partial charge on any atom is -0.504 e. The number of aryl methyl sites for hydroxylation is 1. The first-order chi connectivity index (χ1) is 5.69. The first kappa shape index (κ1) is 8.41. The predicted molar refractivity (Wildman–Crippen MR) is 44.1 cm³/mol. The highest BCUT2D eigenvalue weighted by Gasteiger charge is 2.06. The van der Waals surface area contributed by atoms with E-state index >= 15 is 0 Å². The van der Waals surface area contributed by atoms with E-state index in [-0.39, 0.29) is 5.75 Å². The topological polar surface area (TPSA) is 53.2 Å². The van der Waals surface area contributed by atoms with Gasteiger partial charge in [0.1, 0.15) is 0 Å². The standard InChI is InChI=1S/C9H9NO2/c1-6-3-7(5-10)4-8(11)9(6)12-2/h3-4,11H,1-2H3. The average molecular weight is 163 g/mol. The van der Waals surface area contributed by atoms with Gasteiger partial charge in [-0.15, -0.1) is 0 Å². The van der Waals surface area contributed by atoms with Crippen molar-refractivity contribution in [1.29, 1.82) is 5.26 Å². The molecule has 0 heterocycles. The molecule has 0 aliphatic rings. The second-order valence-electron chi connectivity index (χ2n) is 2.46. The summed E-state index contributed by atoms with van der Waals surface area (Å²) in [5, 5.41) is 17.9. The van der Waals surface area contributed by atoms with Gasteiger partial charge in [0.25, 0.3) is 0 Å². The first-order valence-electron chi connectivity index (χ1n) is 3.46. The van der Waals surface area contributed by atoms with Crippen LogP contribution in [-0.4, -0.2) is 12.2 Å². The van der Waals surface area contributed by atoms with Gasteiger partial charge in [0, 0.05) is 6.07 Å². The monoisotopic (exact) mass is 163 g/mol. The number of methoxy groups -OCH3 is 1. The summed E-state index contributed by atoms with van der Waals surface area (Å²) in [6, 6.07) is 4.99. The van der Waals surface area contributed by atoms with Gasteiger partial charge in [-0.1, -0.05) is 0 Å². The van der Waals surface area contributed by atoms with Gasteiger partial charge in [-0.05, 0) is 18.6 Å². The van der Waals surface area contributed by atoms with Crippen LogP contribution in [0.5, 0.6) is 11.5 Å². The highest BCUT2D eigenvalue weighted by atomic mass is 16.5. The zero-order valence-corrected chi connectivity index (χ0v) is 6.96. The Kier molecular flexibility index (Phi) is 2.20. The van der Waals surface area contributed by atoms with Crippen molar-refractivity contribution in [3.63, 3.8) is 0 Å². The van der Waals surface area contributed by atoms with E-state index < -0.39 is 0 Å². The molecule has 1 aromatic carbocycles. The summed E-state index contributed by atoms with van der Waals surface area (Å²) in [5.74, 6) is 0.433. The predicted octanol–water partition coefficient (Wildman–Crippen LogP) is 1.58. The maximum absolute atomic E-state index is 9.33. The van der Waals surface area contributed by atoms with Crippen molar-refractivity contribution in [2.45, 2.75) is 6.92 Å². The molecule has 0 spiro atoms. The van der Waals surface area contributed by atoms with Crippen LogP contribution in [-0.2, 0) is 0 Å². The summed E-state index contributed by atoms with van der Waals surface area (Å²) in [6.45, 7) is 1.78. The van der Waals surface area contributed by atoms with E-state index in [1.54, 1.807) is 13.0 Å². The van der Waals surface area contributed by atoms with Gasteiger partial charge in [-0.2, -0.15) is 5.26 Å². The summed E-state index contributed by atoms with van der Waals surface area (Å²) in [6.07, 6.45) is 0. The molecule has 3 heteroatoms. The third-order valence-corrected chi connectivity index (χ3v) is 1.59. The van der Waals surface area contributed by atoms with Crippen molar-refractivity contribution >= 4 is 0 Å². The molecule has 1 rings (SSSR count). The molecule has 0 saturated carbocycles. The Bertz CT molecular complexity index is 316. The number of nitriles is 1. The largest absolute Gasteiger partial charge is 0.504 e. The molecule has 0 atom stereocenters. The maximum atomic E-state index is 9.33. The lowest BCUT2D eigenvalue weighted by molar-refractivity contribution is 0.371. The van der Waals surface area contributed by atoms with E-state index in [0.29, 0.717) is 11.3 Å². The number of phenolic OH excluding ortho intramolecular Hbond substituents is 1. The smallest absolute Gasteiger partial charge is 0.163 e. The Balaban J connectivity index is 3.30. The number of hydrogen-bond donors (Lipinski definition) is 1. The lowest BCUT2D eigenvalue weighted by atomic mass is 10.1. The van der Waals surface area contributed by atoms with E-state index in [4.69, 9.17) is 10.00 Å². The average Bonchev–Trinajstić information content (AvgIpc) is 2.03. The molecule has 0 unspecified atom stereocenters. The highest BCUT2D eigenvalue weighted by Crippen LogP contribution is 2.30. The van der Waals surface area contributed by atoms with Crippen molar-refractivity contribution in [2.24, 2.45) is 0 Å². The van der Waals surface area contributed by atoms with Gasteiger partial charge < -0.3 is 9.84 Å². The molecular formula is C9H9NO2. The minimum atomic E-state index is 0.00838. The van der Waals surface area contributed by atoms with Crippen LogP contribution < -0.4 is 4.74 Å². The third kappa shape index (κ3) is 1.32. The van der Waals surface area contributed by atoms with E-state index in [9.17, 15) is 5.11 Å². The Morgan fingerprint density at radius 3 is 2.58 bits per heavy atom. The van der Waals surface area contributed by atoms with Crippen LogP contribution in [0.3, 0.4) is 0 Å². The minimum absolute atomic E-state index is 0.00838. The molecule has 1 N–H and O–H groups in total. The third-order valence-electron chi connectivity index (χ3n) is 1.59. The van der Waals surface area contributed by atoms with Gasteiger partial charge >= 0.3 is 0 Å². The number of nitrogens with zero attached hydrogens (tertiary/aromatic N) is 1. The zero-order valence-electron chi connectivity index (χ0n) is 6.96. The summed E-state index contributed by atoms with van der Waals surface area (Å²) >= 11 is 0. The summed E-state index contributed by atoms with van der Waals surface area (Å²) < 4.78 is 4.92. The molecule has 1 aromatic rings.